The van der Waals surface area contributed by atoms with Crippen molar-refractivity contribution in [1.82, 2.24) is 10.6 Å². The first-order chi connectivity index (χ1) is 11.2. The first-order valence-corrected chi connectivity index (χ1v) is 13.9. The fraction of sp³-hybridized carbons (Fsp3) is 1.00. The minimum absolute atomic E-state index is 0.551. The molecule has 24 heavy (non-hydrogen) atoms. The summed E-state index contributed by atoms with van der Waals surface area (Å²) < 4.78 is 22.2. The summed E-state index contributed by atoms with van der Waals surface area (Å²) >= 11 is 0. The molecule has 2 unspecified atom stereocenters. The maximum atomic E-state index is 5.55. The number of hydrogen-bond acceptors (Lipinski definition) is 6. The first-order valence-electron chi connectivity index (χ1n) is 8.86. The zero-order valence-electron chi connectivity index (χ0n) is 17.0. The molecule has 0 rings (SSSR count). The van der Waals surface area contributed by atoms with Gasteiger partial charge in [-0.25, -0.2) is 0 Å². The monoisotopic (exact) mass is 380 g/mol. The van der Waals surface area contributed by atoms with Gasteiger partial charge in [0.15, 0.2) is 0 Å². The molecule has 0 aromatic carbocycles. The van der Waals surface area contributed by atoms with Gasteiger partial charge in [0.25, 0.3) is 0 Å². The lowest BCUT2D eigenvalue weighted by Crippen LogP contribution is -2.41. The molecule has 2 atom stereocenters. The molecule has 0 heterocycles. The Bertz CT molecular complexity index is 286. The van der Waals surface area contributed by atoms with Crippen LogP contribution in [0.5, 0.6) is 0 Å². The van der Waals surface area contributed by atoms with Gasteiger partial charge in [-0.15, -0.1) is 0 Å². The van der Waals surface area contributed by atoms with E-state index in [0.29, 0.717) is 11.8 Å². The molecular weight excluding hydrogens is 340 g/mol. The normalized spacial score (nSPS) is 15.5. The summed E-state index contributed by atoms with van der Waals surface area (Å²) in [5, 5.41) is 7.02. The molecule has 146 valence electrons. The highest BCUT2D eigenvalue weighted by molar-refractivity contribution is 6.66. The Hall–Kier alpha value is 0.194. The molecule has 0 fully saturated rings. The van der Waals surface area contributed by atoms with Crippen LogP contribution in [-0.4, -0.2) is 71.7 Å². The third-order valence-electron chi connectivity index (χ3n) is 4.63. The van der Waals surface area contributed by atoms with Crippen molar-refractivity contribution in [2.45, 2.75) is 39.0 Å². The van der Waals surface area contributed by atoms with E-state index in [1.54, 1.807) is 28.4 Å². The summed E-state index contributed by atoms with van der Waals surface area (Å²) in [7, 11) is 3.09. The largest absolute Gasteiger partial charge is 0.398 e. The maximum absolute atomic E-state index is 5.55. The van der Waals surface area contributed by atoms with Crippen LogP contribution in [0.1, 0.15) is 13.8 Å². The van der Waals surface area contributed by atoms with Gasteiger partial charge in [-0.05, 0) is 50.1 Å². The molecule has 8 heteroatoms. The Kier molecular flexibility index (Phi) is 12.6. The van der Waals surface area contributed by atoms with E-state index in [9.17, 15) is 0 Å². The molecule has 0 spiro atoms. The van der Waals surface area contributed by atoms with Gasteiger partial charge in [0, 0.05) is 41.5 Å². The minimum atomic E-state index is -1.96. The fourth-order valence-corrected chi connectivity index (χ4v) is 6.60. The lowest BCUT2D eigenvalue weighted by atomic mass is 10.2. The van der Waals surface area contributed by atoms with Crippen LogP contribution >= 0.6 is 0 Å². The third-order valence-corrected chi connectivity index (χ3v) is 11.0. The van der Waals surface area contributed by atoms with E-state index in [2.05, 4.69) is 37.6 Å². The summed E-state index contributed by atoms with van der Waals surface area (Å²) in [4.78, 5) is 0. The predicted molar refractivity (Wildman–Crippen MR) is 105 cm³/mol. The van der Waals surface area contributed by atoms with Crippen molar-refractivity contribution >= 4 is 17.1 Å². The highest BCUT2D eigenvalue weighted by atomic mass is 28.4. The van der Waals surface area contributed by atoms with E-state index in [1.807, 2.05) is 0 Å². The maximum Gasteiger partial charge on any atom is 0.334 e. The van der Waals surface area contributed by atoms with Gasteiger partial charge in [0.2, 0.25) is 0 Å². The molecule has 2 N–H and O–H groups in total. The van der Waals surface area contributed by atoms with Crippen LogP contribution in [-0.2, 0) is 17.7 Å². The standard InChI is InChI=1S/C16H40N2O4Si2/c1-15(13-23(7,19-3)20-4)11-17-9-10-18-12-16(2)14-24(8,21-5)22-6/h15-18H,9-14H2,1-8H3. The van der Waals surface area contributed by atoms with E-state index < -0.39 is 17.1 Å². The Morgan fingerprint density at radius 3 is 1.21 bits per heavy atom. The van der Waals surface area contributed by atoms with Crippen LogP contribution in [0.25, 0.3) is 0 Å². The van der Waals surface area contributed by atoms with Crippen molar-refractivity contribution in [2.75, 3.05) is 54.6 Å². The van der Waals surface area contributed by atoms with Crippen molar-refractivity contribution in [3.8, 4) is 0 Å². The SMILES string of the molecule is CO[Si](C)(CC(C)CNCCNCC(C)C[Si](C)(OC)OC)OC. The molecule has 6 nitrogen and oxygen atoms in total. The number of hydrogen-bond donors (Lipinski definition) is 2. The Labute approximate surface area is 151 Å². The van der Waals surface area contributed by atoms with Crippen LogP contribution < -0.4 is 10.6 Å². The lowest BCUT2D eigenvalue weighted by molar-refractivity contribution is 0.241. The molecular formula is C16H40N2O4Si2. The molecule has 0 aromatic heterocycles. The van der Waals surface area contributed by atoms with Gasteiger partial charge in [-0.3, -0.25) is 0 Å². The minimum Gasteiger partial charge on any atom is -0.398 e. The van der Waals surface area contributed by atoms with E-state index in [0.717, 1.165) is 38.3 Å². The second-order valence-electron chi connectivity index (χ2n) is 7.11. The van der Waals surface area contributed by atoms with Crippen molar-refractivity contribution in [3.63, 3.8) is 0 Å². The van der Waals surface area contributed by atoms with Gasteiger partial charge in [-0.1, -0.05) is 13.8 Å². The Morgan fingerprint density at radius 2 is 0.958 bits per heavy atom. The molecule has 0 saturated heterocycles. The van der Waals surface area contributed by atoms with Crippen LogP contribution in [0, 0.1) is 11.8 Å². The summed E-state index contributed by atoms with van der Waals surface area (Å²) in [6, 6.07) is 2.02. The molecule has 0 aliphatic carbocycles. The molecule has 0 aliphatic rings. The second-order valence-corrected chi connectivity index (χ2v) is 14.1. The average molecular weight is 381 g/mol. The zero-order valence-corrected chi connectivity index (χ0v) is 19.0. The van der Waals surface area contributed by atoms with Crippen molar-refractivity contribution in [2.24, 2.45) is 11.8 Å². The second kappa shape index (κ2) is 12.5. The van der Waals surface area contributed by atoms with Gasteiger partial charge < -0.3 is 28.3 Å². The molecule has 0 saturated carbocycles. The third kappa shape index (κ3) is 10.2. The van der Waals surface area contributed by atoms with E-state index in [1.165, 1.54) is 0 Å². The summed E-state index contributed by atoms with van der Waals surface area (Å²) in [5.41, 5.74) is 0. The highest BCUT2D eigenvalue weighted by Gasteiger charge is 2.31. The van der Waals surface area contributed by atoms with Crippen LogP contribution in [0.3, 0.4) is 0 Å². The first kappa shape index (κ1) is 24.2. The molecule has 0 radical (unpaired) electrons. The summed E-state index contributed by atoms with van der Waals surface area (Å²) in [6.45, 7) is 12.6. The van der Waals surface area contributed by atoms with Gasteiger partial charge in [-0.2, -0.15) is 0 Å². The number of nitrogens with one attached hydrogen (secondary N) is 2. The van der Waals surface area contributed by atoms with Crippen LogP contribution in [0.15, 0.2) is 0 Å². The average Bonchev–Trinajstić information content (AvgIpc) is 2.57. The molecule has 0 aliphatic heterocycles. The smallest absolute Gasteiger partial charge is 0.334 e. The molecule has 0 amide bonds. The highest BCUT2D eigenvalue weighted by Crippen LogP contribution is 2.18. The van der Waals surface area contributed by atoms with E-state index >= 15 is 0 Å². The predicted octanol–water partition coefficient (Wildman–Crippen LogP) is 2.17. The van der Waals surface area contributed by atoms with E-state index in [-0.39, 0.29) is 0 Å². The van der Waals surface area contributed by atoms with Gasteiger partial charge >= 0.3 is 17.1 Å². The summed E-state index contributed by atoms with van der Waals surface area (Å²) in [6.07, 6.45) is 0. The topological polar surface area (TPSA) is 61.0 Å². The molecule has 0 bridgehead atoms. The van der Waals surface area contributed by atoms with Crippen molar-refractivity contribution in [3.05, 3.63) is 0 Å². The Morgan fingerprint density at radius 1 is 0.667 bits per heavy atom. The van der Waals surface area contributed by atoms with Gasteiger partial charge in [0.1, 0.15) is 0 Å². The number of rotatable bonds is 15. The van der Waals surface area contributed by atoms with Gasteiger partial charge in [0.05, 0.1) is 0 Å². The van der Waals surface area contributed by atoms with Crippen molar-refractivity contribution < 1.29 is 17.7 Å². The van der Waals surface area contributed by atoms with Crippen LogP contribution in [0.4, 0.5) is 0 Å². The molecule has 0 aromatic rings. The lowest BCUT2D eigenvalue weighted by Gasteiger charge is -2.26. The van der Waals surface area contributed by atoms with Crippen LogP contribution in [0.2, 0.25) is 25.2 Å². The summed E-state index contributed by atoms with van der Waals surface area (Å²) in [5.74, 6) is 1.10. The fourth-order valence-electron chi connectivity index (χ4n) is 2.78. The Balaban J connectivity index is 3.77. The van der Waals surface area contributed by atoms with E-state index in [4.69, 9.17) is 17.7 Å². The van der Waals surface area contributed by atoms with Crippen molar-refractivity contribution in [1.29, 1.82) is 0 Å². The zero-order chi connectivity index (χ0) is 18.6. The quantitative estimate of drug-likeness (QED) is 0.335.